The van der Waals surface area contributed by atoms with Crippen LogP contribution in [0.5, 0.6) is 0 Å². The molecule has 1 aromatic carbocycles. The van der Waals surface area contributed by atoms with Crippen LogP contribution in [0.3, 0.4) is 0 Å². The second-order valence-electron chi connectivity index (χ2n) is 3.49. The standard InChI is InChI=1S/C11H13NO2/c1-2-7-3-4-9-8(5-7)6-10(12)14-11(9)13/h3-5,10H,2,6,12H2,1H3. The zero-order valence-corrected chi connectivity index (χ0v) is 8.12. The number of fused-ring (bicyclic) bond motifs is 1. The first-order valence-electron chi connectivity index (χ1n) is 4.79. The van der Waals surface area contributed by atoms with Gasteiger partial charge in [-0.2, -0.15) is 0 Å². The van der Waals surface area contributed by atoms with Crippen molar-refractivity contribution in [2.45, 2.75) is 26.0 Å². The number of ether oxygens (including phenoxy) is 1. The summed E-state index contributed by atoms with van der Waals surface area (Å²) in [6, 6.07) is 5.81. The lowest BCUT2D eigenvalue weighted by atomic mass is 9.98. The molecule has 0 saturated carbocycles. The van der Waals surface area contributed by atoms with Crippen LogP contribution in [0, 0.1) is 0 Å². The minimum atomic E-state index is -0.484. The van der Waals surface area contributed by atoms with Crippen LogP contribution in [0.25, 0.3) is 0 Å². The quantitative estimate of drug-likeness (QED) is 0.679. The summed E-state index contributed by atoms with van der Waals surface area (Å²) < 4.78 is 4.92. The second kappa shape index (κ2) is 3.42. The van der Waals surface area contributed by atoms with Crippen LogP contribution in [0.15, 0.2) is 18.2 Å². The SMILES string of the molecule is CCc1ccc2c(c1)CC(N)OC2=O. The zero-order chi connectivity index (χ0) is 10.1. The third kappa shape index (κ3) is 1.51. The predicted octanol–water partition coefficient (Wildman–Crippen LogP) is 1.25. The van der Waals surface area contributed by atoms with E-state index in [4.69, 9.17) is 10.5 Å². The Hall–Kier alpha value is -1.35. The van der Waals surface area contributed by atoms with E-state index in [-0.39, 0.29) is 5.97 Å². The van der Waals surface area contributed by atoms with Crippen molar-refractivity contribution >= 4 is 5.97 Å². The van der Waals surface area contributed by atoms with Gasteiger partial charge in [-0.3, -0.25) is 5.73 Å². The first-order chi connectivity index (χ1) is 6.70. The molecule has 0 aromatic heterocycles. The number of aryl methyl sites for hydroxylation is 1. The molecule has 74 valence electrons. The van der Waals surface area contributed by atoms with Crippen molar-refractivity contribution in [3.8, 4) is 0 Å². The molecule has 0 aliphatic carbocycles. The number of carbonyl (C=O) groups excluding carboxylic acids is 1. The Balaban J connectivity index is 2.44. The van der Waals surface area contributed by atoms with Crippen molar-refractivity contribution in [2.75, 3.05) is 0 Å². The van der Waals surface area contributed by atoms with Gasteiger partial charge in [0, 0.05) is 6.42 Å². The van der Waals surface area contributed by atoms with Gasteiger partial charge >= 0.3 is 5.97 Å². The molecule has 0 amide bonds. The Morgan fingerprint density at radius 3 is 3.07 bits per heavy atom. The van der Waals surface area contributed by atoms with Gasteiger partial charge < -0.3 is 4.74 Å². The minimum absolute atomic E-state index is 0.304. The van der Waals surface area contributed by atoms with E-state index in [1.54, 1.807) is 0 Å². The Labute approximate surface area is 82.9 Å². The summed E-state index contributed by atoms with van der Waals surface area (Å²) in [5.41, 5.74) is 8.48. The van der Waals surface area contributed by atoms with E-state index in [9.17, 15) is 4.79 Å². The number of esters is 1. The topological polar surface area (TPSA) is 52.3 Å². The maximum Gasteiger partial charge on any atom is 0.339 e. The fourth-order valence-electron chi connectivity index (χ4n) is 1.69. The number of carbonyl (C=O) groups is 1. The number of benzene rings is 1. The van der Waals surface area contributed by atoms with Gasteiger partial charge in [-0.25, -0.2) is 4.79 Å². The highest BCUT2D eigenvalue weighted by molar-refractivity contribution is 5.92. The molecular weight excluding hydrogens is 178 g/mol. The summed E-state index contributed by atoms with van der Waals surface area (Å²) in [4.78, 5) is 11.4. The Kier molecular flexibility index (Phi) is 2.25. The van der Waals surface area contributed by atoms with Gasteiger partial charge in [0.05, 0.1) is 5.56 Å². The van der Waals surface area contributed by atoms with Crippen molar-refractivity contribution in [3.63, 3.8) is 0 Å². The van der Waals surface area contributed by atoms with Gasteiger partial charge in [-0.1, -0.05) is 19.1 Å². The molecule has 1 aliphatic heterocycles. The van der Waals surface area contributed by atoms with E-state index < -0.39 is 6.23 Å². The molecule has 0 spiro atoms. The second-order valence-corrected chi connectivity index (χ2v) is 3.49. The molecule has 0 bridgehead atoms. The van der Waals surface area contributed by atoms with E-state index in [1.807, 2.05) is 18.2 Å². The monoisotopic (exact) mass is 191 g/mol. The molecule has 3 nitrogen and oxygen atoms in total. The lowest BCUT2D eigenvalue weighted by Gasteiger charge is -2.21. The predicted molar refractivity (Wildman–Crippen MR) is 52.9 cm³/mol. The third-order valence-electron chi connectivity index (χ3n) is 2.48. The van der Waals surface area contributed by atoms with Crippen LogP contribution in [0.4, 0.5) is 0 Å². The third-order valence-corrected chi connectivity index (χ3v) is 2.48. The molecule has 3 heteroatoms. The van der Waals surface area contributed by atoms with Crippen molar-refractivity contribution < 1.29 is 9.53 Å². The average molecular weight is 191 g/mol. The van der Waals surface area contributed by atoms with Crippen molar-refractivity contribution in [1.29, 1.82) is 0 Å². The van der Waals surface area contributed by atoms with Crippen LogP contribution < -0.4 is 5.73 Å². The fraction of sp³-hybridized carbons (Fsp3) is 0.364. The van der Waals surface area contributed by atoms with Crippen LogP contribution >= 0.6 is 0 Å². The highest BCUT2D eigenvalue weighted by atomic mass is 16.6. The molecule has 2 N–H and O–H groups in total. The number of rotatable bonds is 1. The van der Waals surface area contributed by atoms with Gasteiger partial charge in [0.25, 0.3) is 0 Å². The van der Waals surface area contributed by atoms with E-state index in [0.29, 0.717) is 12.0 Å². The summed E-state index contributed by atoms with van der Waals surface area (Å²) in [6.45, 7) is 2.09. The molecular formula is C11H13NO2. The highest BCUT2D eigenvalue weighted by Gasteiger charge is 2.23. The smallest absolute Gasteiger partial charge is 0.339 e. The van der Waals surface area contributed by atoms with E-state index >= 15 is 0 Å². The molecule has 1 aliphatic rings. The number of hydrogen-bond acceptors (Lipinski definition) is 3. The number of cyclic esters (lactones) is 1. The molecule has 0 radical (unpaired) electrons. The molecule has 1 atom stereocenters. The molecule has 0 saturated heterocycles. The largest absolute Gasteiger partial charge is 0.443 e. The lowest BCUT2D eigenvalue weighted by Crippen LogP contribution is -2.34. The molecule has 1 unspecified atom stereocenters. The van der Waals surface area contributed by atoms with Crippen molar-refractivity contribution in [1.82, 2.24) is 0 Å². The van der Waals surface area contributed by atoms with Crippen molar-refractivity contribution in [3.05, 3.63) is 34.9 Å². The fourth-order valence-corrected chi connectivity index (χ4v) is 1.69. The van der Waals surface area contributed by atoms with Crippen molar-refractivity contribution in [2.24, 2.45) is 5.73 Å². The van der Waals surface area contributed by atoms with Gasteiger partial charge in [-0.15, -0.1) is 0 Å². The van der Waals surface area contributed by atoms with Gasteiger partial charge in [0.2, 0.25) is 0 Å². The maximum atomic E-state index is 11.4. The van der Waals surface area contributed by atoms with E-state index in [0.717, 1.165) is 12.0 Å². The molecule has 2 rings (SSSR count). The summed E-state index contributed by atoms with van der Waals surface area (Å²) in [6.07, 6.45) is 1.11. The minimum Gasteiger partial charge on any atom is -0.443 e. The van der Waals surface area contributed by atoms with Crippen LogP contribution in [0.2, 0.25) is 0 Å². The first-order valence-corrected chi connectivity index (χ1v) is 4.79. The molecule has 1 heterocycles. The van der Waals surface area contributed by atoms with E-state index in [2.05, 4.69) is 6.92 Å². The lowest BCUT2D eigenvalue weighted by molar-refractivity contribution is 0.0274. The van der Waals surface area contributed by atoms with Gasteiger partial charge in [-0.05, 0) is 23.6 Å². The van der Waals surface area contributed by atoms with Gasteiger partial charge in [0.15, 0.2) is 6.23 Å². The Morgan fingerprint density at radius 2 is 2.36 bits per heavy atom. The molecule has 0 fully saturated rings. The summed E-state index contributed by atoms with van der Waals surface area (Å²) >= 11 is 0. The zero-order valence-electron chi connectivity index (χ0n) is 8.12. The molecule has 14 heavy (non-hydrogen) atoms. The normalized spacial score (nSPS) is 20.1. The highest BCUT2D eigenvalue weighted by Crippen LogP contribution is 2.20. The Bertz CT molecular complexity index is 374. The van der Waals surface area contributed by atoms with Crippen LogP contribution in [-0.4, -0.2) is 12.2 Å². The van der Waals surface area contributed by atoms with E-state index in [1.165, 1.54) is 5.56 Å². The van der Waals surface area contributed by atoms with Crippen LogP contribution in [0.1, 0.15) is 28.4 Å². The number of nitrogens with two attached hydrogens (primary N) is 1. The summed E-state index contributed by atoms with van der Waals surface area (Å²) in [5, 5.41) is 0. The first kappa shape index (κ1) is 9.21. The number of hydrogen-bond donors (Lipinski definition) is 1. The maximum absolute atomic E-state index is 11.4. The summed E-state index contributed by atoms with van der Waals surface area (Å²) in [5.74, 6) is -0.304. The molecule has 1 aromatic rings. The van der Waals surface area contributed by atoms with Crippen LogP contribution in [-0.2, 0) is 17.6 Å². The Morgan fingerprint density at radius 1 is 1.57 bits per heavy atom. The van der Waals surface area contributed by atoms with Gasteiger partial charge in [0.1, 0.15) is 0 Å². The average Bonchev–Trinajstić information content (AvgIpc) is 2.16. The summed E-state index contributed by atoms with van der Waals surface area (Å²) in [7, 11) is 0.